The standard InChI is InChI=1S/C35H41Cl2N3O5/c1-5-40-16-14-34(33(38)42,24-9-7-6-8-10-24)20-31(40)35(25-11-12-26(36)27(37)19-25)13-15-39(22-35)21-28(41)23-17-29(43-2)32(45-4)30(18-23)44-3/h6-12,17-19,31H,5,13-16,20-22H2,1-4H3,(H2,38,42). The Morgan fingerprint density at radius 3 is 2.16 bits per heavy atom. The molecule has 2 saturated heterocycles. The van der Waals surface area contributed by atoms with Gasteiger partial charge in [-0.15, -0.1) is 0 Å². The summed E-state index contributed by atoms with van der Waals surface area (Å²) >= 11 is 13.0. The number of likely N-dealkylation sites (N-methyl/N-ethyl adjacent to an activating group) is 1. The molecule has 2 aliphatic rings. The second-order valence-electron chi connectivity index (χ2n) is 12.0. The molecule has 8 nitrogen and oxygen atoms in total. The van der Waals surface area contributed by atoms with E-state index in [1.807, 2.05) is 48.5 Å². The number of carbonyl (C=O) groups excluding carboxylic acids is 2. The monoisotopic (exact) mass is 653 g/mol. The van der Waals surface area contributed by atoms with Gasteiger partial charge in [-0.2, -0.15) is 0 Å². The predicted octanol–water partition coefficient (Wildman–Crippen LogP) is 5.75. The molecule has 2 N–H and O–H groups in total. The molecular weight excluding hydrogens is 613 g/mol. The van der Waals surface area contributed by atoms with Crippen molar-refractivity contribution in [1.82, 2.24) is 9.80 Å². The van der Waals surface area contributed by atoms with Crippen LogP contribution in [-0.2, 0) is 15.6 Å². The molecule has 5 rings (SSSR count). The molecule has 2 aliphatic heterocycles. The molecule has 0 bridgehead atoms. The van der Waals surface area contributed by atoms with Gasteiger partial charge >= 0.3 is 0 Å². The lowest BCUT2D eigenvalue weighted by Gasteiger charge is -2.52. The van der Waals surface area contributed by atoms with Crippen molar-refractivity contribution in [3.63, 3.8) is 0 Å². The van der Waals surface area contributed by atoms with Crippen molar-refractivity contribution in [1.29, 1.82) is 0 Å². The Morgan fingerprint density at radius 2 is 1.58 bits per heavy atom. The summed E-state index contributed by atoms with van der Waals surface area (Å²) in [6.07, 6.45) is 1.95. The van der Waals surface area contributed by atoms with Gasteiger partial charge in [-0.1, -0.05) is 66.5 Å². The number of methoxy groups -OCH3 is 3. The Balaban J connectivity index is 1.53. The molecule has 2 fully saturated rings. The molecule has 1 amide bonds. The van der Waals surface area contributed by atoms with E-state index in [0.29, 0.717) is 65.3 Å². The van der Waals surface area contributed by atoms with Crippen LogP contribution in [0.2, 0.25) is 10.0 Å². The number of halogens is 2. The first-order valence-corrected chi connectivity index (χ1v) is 16.0. The number of carbonyl (C=O) groups is 2. The van der Waals surface area contributed by atoms with Gasteiger partial charge < -0.3 is 19.9 Å². The Bertz CT molecular complexity index is 1530. The summed E-state index contributed by atoms with van der Waals surface area (Å²) < 4.78 is 16.4. The van der Waals surface area contributed by atoms with E-state index in [1.54, 1.807) is 12.1 Å². The maximum Gasteiger partial charge on any atom is 0.228 e. The van der Waals surface area contributed by atoms with E-state index in [-0.39, 0.29) is 24.3 Å². The highest BCUT2D eigenvalue weighted by Crippen LogP contribution is 2.49. The molecule has 0 radical (unpaired) electrons. The summed E-state index contributed by atoms with van der Waals surface area (Å²) in [7, 11) is 4.59. The van der Waals surface area contributed by atoms with Crippen molar-refractivity contribution in [2.45, 2.75) is 43.1 Å². The molecule has 0 aromatic heterocycles. The molecule has 3 unspecified atom stereocenters. The largest absolute Gasteiger partial charge is 0.493 e. The highest BCUT2D eigenvalue weighted by atomic mass is 35.5. The lowest BCUT2D eigenvalue weighted by atomic mass is 9.61. The van der Waals surface area contributed by atoms with E-state index < -0.39 is 10.8 Å². The molecule has 45 heavy (non-hydrogen) atoms. The minimum absolute atomic E-state index is 0.0533. The van der Waals surface area contributed by atoms with E-state index in [9.17, 15) is 9.59 Å². The lowest BCUT2D eigenvalue weighted by Crippen LogP contribution is -2.61. The molecular formula is C35H41Cl2N3O5. The lowest BCUT2D eigenvalue weighted by molar-refractivity contribution is -0.127. The fraction of sp³-hybridized carbons (Fsp3) is 0.429. The molecule has 10 heteroatoms. The van der Waals surface area contributed by atoms with Crippen LogP contribution in [0.15, 0.2) is 60.7 Å². The number of primary amides is 1. The van der Waals surface area contributed by atoms with Crippen LogP contribution in [0.4, 0.5) is 0 Å². The van der Waals surface area contributed by atoms with Crippen molar-refractivity contribution in [2.75, 3.05) is 54.1 Å². The molecule has 0 aliphatic carbocycles. The number of hydrogen-bond donors (Lipinski definition) is 1. The molecule has 2 heterocycles. The minimum Gasteiger partial charge on any atom is -0.493 e. The van der Waals surface area contributed by atoms with Crippen LogP contribution in [-0.4, -0.2) is 81.6 Å². The number of hydrogen-bond acceptors (Lipinski definition) is 7. The normalized spacial score (nSPS) is 23.9. The van der Waals surface area contributed by atoms with Gasteiger partial charge in [-0.05, 0) is 74.3 Å². The van der Waals surface area contributed by atoms with Gasteiger partial charge in [0.1, 0.15) is 0 Å². The van der Waals surface area contributed by atoms with Gasteiger partial charge in [0.05, 0.1) is 43.3 Å². The maximum atomic E-state index is 13.8. The third-order valence-electron chi connectivity index (χ3n) is 9.88. The first kappa shape index (κ1) is 33.1. The zero-order valence-corrected chi connectivity index (χ0v) is 27.8. The van der Waals surface area contributed by atoms with Crippen molar-refractivity contribution in [2.24, 2.45) is 5.73 Å². The van der Waals surface area contributed by atoms with E-state index in [1.165, 1.54) is 21.3 Å². The smallest absolute Gasteiger partial charge is 0.228 e. The highest BCUT2D eigenvalue weighted by Gasteiger charge is 2.55. The molecule has 0 spiro atoms. The zero-order valence-electron chi connectivity index (χ0n) is 26.3. The van der Waals surface area contributed by atoms with Gasteiger partial charge in [-0.3, -0.25) is 19.4 Å². The summed E-state index contributed by atoms with van der Waals surface area (Å²) in [5.41, 5.74) is 7.44. The minimum atomic E-state index is -0.819. The number of Topliss-reactive ketones (excluding diaryl/α,β-unsaturated/α-hetero) is 1. The number of amides is 1. The summed E-state index contributed by atoms with van der Waals surface area (Å²) in [4.78, 5) is 31.8. The molecule has 3 aromatic rings. The van der Waals surface area contributed by atoms with Crippen LogP contribution < -0.4 is 19.9 Å². The first-order valence-electron chi connectivity index (χ1n) is 15.2. The molecule has 240 valence electrons. The van der Waals surface area contributed by atoms with Crippen LogP contribution in [0.5, 0.6) is 17.2 Å². The van der Waals surface area contributed by atoms with Gasteiger partial charge in [0.2, 0.25) is 11.7 Å². The fourth-order valence-corrected chi connectivity index (χ4v) is 7.75. The number of rotatable bonds is 11. The van der Waals surface area contributed by atoms with Crippen LogP contribution in [0.3, 0.4) is 0 Å². The van der Waals surface area contributed by atoms with Crippen LogP contribution in [0.25, 0.3) is 0 Å². The van der Waals surface area contributed by atoms with E-state index in [2.05, 4.69) is 16.7 Å². The molecule has 0 saturated carbocycles. The number of nitrogens with two attached hydrogens (primary N) is 1. The van der Waals surface area contributed by atoms with Crippen molar-refractivity contribution >= 4 is 34.9 Å². The maximum absolute atomic E-state index is 13.8. The number of ketones is 1. The topological polar surface area (TPSA) is 94.3 Å². The number of likely N-dealkylation sites (tertiary alicyclic amines) is 2. The molecule has 3 atom stereocenters. The number of benzene rings is 3. The van der Waals surface area contributed by atoms with Gasteiger partial charge in [0, 0.05) is 23.6 Å². The SMILES string of the molecule is CCN1CCC(C(N)=O)(c2ccccc2)CC1C1(c2ccc(Cl)c(Cl)c2)CCN(CC(=O)c2cc(OC)c(OC)c(OC)c2)C1. The second kappa shape index (κ2) is 13.6. The van der Waals surface area contributed by atoms with Crippen LogP contribution >= 0.6 is 23.2 Å². The summed E-state index contributed by atoms with van der Waals surface area (Å²) in [5, 5.41) is 0.957. The number of piperidine rings is 1. The zero-order chi connectivity index (χ0) is 32.4. The number of ether oxygens (including phenoxy) is 3. The van der Waals surface area contributed by atoms with Gasteiger partial charge in [0.25, 0.3) is 0 Å². The van der Waals surface area contributed by atoms with Gasteiger partial charge in [0.15, 0.2) is 17.3 Å². The third-order valence-corrected chi connectivity index (χ3v) is 10.6. The van der Waals surface area contributed by atoms with E-state index in [4.69, 9.17) is 43.1 Å². The first-order chi connectivity index (χ1) is 21.6. The van der Waals surface area contributed by atoms with Crippen molar-refractivity contribution in [3.8, 4) is 17.2 Å². The summed E-state index contributed by atoms with van der Waals surface area (Å²) in [6, 6.07) is 19.0. The van der Waals surface area contributed by atoms with Crippen LogP contribution in [0.1, 0.15) is 47.7 Å². The number of nitrogens with zero attached hydrogens (tertiary/aromatic N) is 2. The van der Waals surface area contributed by atoms with E-state index in [0.717, 1.165) is 24.1 Å². The van der Waals surface area contributed by atoms with Crippen molar-refractivity contribution in [3.05, 3.63) is 87.4 Å². The average Bonchev–Trinajstić information content (AvgIpc) is 3.49. The van der Waals surface area contributed by atoms with Crippen LogP contribution in [0, 0.1) is 0 Å². The predicted molar refractivity (Wildman–Crippen MR) is 177 cm³/mol. The summed E-state index contributed by atoms with van der Waals surface area (Å²) in [6.45, 7) is 5.13. The Kier molecular flexibility index (Phi) is 9.99. The second-order valence-corrected chi connectivity index (χ2v) is 12.8. The summed E-state index contributed by atoms with van der Waals surface area (Å²) in [5.74, 6) is 0.911. The Labute approximate surface area is 275 Å². The quantitative estimate of drug-likeness (QED) is 0.263. The molecule has 3 aromatic carbocycles. The third kappa shape index (κ3) is 6.13. The fourth-order valence-electron chi connectivity index (χ4n) is 7.45. The van der Waals surface area contributed by atoms with E-state index >= 15 is 0 Å². The highest BCUT2D eigenvalue weighted by molar-refractivity contribution is 6.42. The average molecular weight is 655 g/mol. The van der Waals surface area contributed by atoms with Gasteiger partial charge in [-0.25, -0.2) is 0 Å². The Morgan fingerprint density at radius 1 is 0.889 bits per heavy atom. The van der Waals surface area contributed by atoms with Crippen molar-refractivity contribution < 1.29 is 23.8 Å². The Hall–Kier alpha value is -3.30.